The van der Waals surface area contributed by atoms with Crippen molar-refractivity contribution in [1.29, 1.82) is 0 Å². The maximum atomic E-state index is 12.3. The van der Waals surface area contributed by atoms with Gasteiger partial charge in [0.2, 0.25) is 5.91 Å². The Morgan fingerprint density at radius 3 is 2.23 bits per heavy atom. The van der Waals surface area contributed by atoms with Crippen molar-refractivity contribution in [2.24, 2.45) is 16.5 Å². The third-order valence-electron chi connectivity index (χ3n) is 5.17. The number of hydrogen-bond acceptors (Lipinski definition) is 6. The molecule has 14 nitrogen and oxygen atoms in total. The van der Waals surface area contributed by atoms with Gasteiger partial charge in [-0.25, -0.2) is 15.1 Å². The van der Waals surface area contributed by atoms with Crippen molar-refractivity contribution in [2.75, 3.05) is 17.7 Å². The number of amides is 4. The molecule has 3 aromatic carbocycles. The molecule has 0 aliphatic heterocycles. The van der Waals surface area contributed by atoms with Crippen molar-refractivity contribution in [3.05, 3.63) is 95.1 Å². The fourth-order valence-electron chi connectivity index (χ4n) is 3.35. The van der Waals surface area contributed by atoms with Gasteiger partial charge in [0.15, 0.2) is 0 Å². The van der Waals surface area contributed by atoms with Gasteiger partial charge in [0.25, 0.3) is 17.6 Å². The number of nitro benzene ring substituents is 1. The molecular weight excluding hydrogens is 518 g/mol. The number of non-ortho nitro benzene ring substituents is 1. The Morgan fingerprint density at radius 2 is 1.62 bits per heavy atom. The molecule has 4 amide bonds. The van der Waals surface area contributed by atoms with Crippen molar-refractivity contribution in [3.8, 4) is 11.1 Å². The number of urea groups is 1. The van der Waals surface area contributed by atoms with Gasteiger partial charge < -0.3 is 22.1 Å². The molecule has 0 bridgehead atoms. The normalized spacial score (nSPS) is 11.2. The van der Waals surface area contributed by atoms with E-state index in [1.165, 1.54) is 19.2 Å². The number of anilines is 2. The number of hydrogen-bond donors (Lipinski definition) is 7. The van der Waals surface area contributed by atoms with E-state index in [1.807, 2.05) is 0 Å². The first-order chi connectivity index (χ1) is 19.1. The Kier molecular flexibility index (Phi) is 9.24. The highest BCUT2D eigenvalue weighted by Crippen LogP contribution is 2.29. The van der Waals surface area contributed by atoms with Gasteiger partial charge in [-0.05, 0) is 59.7 Å². The van der Waals surface area contributed by atoms with E-state index in [9.17, 15) is 24.5 Å². The molecule has 0 unspecified atom stereocenters. The molecule has 0 aliphatic rings. The maximum absolute atomic E-state index is 12.3. The van der Waals surface area contributed by atoms with Gasteiger partial charge in [-0.3, -0.25) is 25.0 Å². The van der Waals surface area contributed by atoms with Crippen molar-refractivity contribution < 1.29 is 24.3 Å². The number of rotatable bonds is 7. The topological polar surface area (TPSA) is 221 Å². The summed E-state index contributed by atoms with van der Waals surface area (Å²) in [6.45, 7) is 3.36. The van der Waals surface area contributed by atoms with E-state index < -0.39 is 16.9 Å². The monoisotopic (exact) mass is 544 g/mol. The number of aliphatic imine (C=N–C) groups is 1. The van der Waals surface area contributed by atoms with E-state index >= 15 is 0 Å². The Balaban J connectivity index is 1.65. The second-order valence-corrected chi connectivity index (χ2v) is 8.04. The molecule has 0 heterocycles. The lowest BCUT2D eigenvalue weighted by Crippen LogP contribution is -2.85. The highest BCUT2D eigenvalue weighted by atomic mass is 16.6. The zero-order valence-electron chi connectivity index (χ0n) is 21.2. The van der Waals surface area contributed by atoms with Crippen LogP contribution in [0.5, 0.6) is 0 Å². The van der Waals surface area contributed by atoms with Crippen LogP contribution in [0.2, 0.25) is 0 Å². The molecule has 0 aromatic heterocycles. The largest absolute Gasteiger partial charge is 0.360 e. The molecule has 0 saturated heterocycles. The molecule has 0 saturated carbocycles. The highest BCUT2D eigenvalue weighted by Gasteiger charge is 2.13. The van der Waals surface area contributed by atoms with Crippen molar-refractivity contribution >= 4 is 52.5 Å². The van der Waals surface area contributed by atoms with Crippen LogP contribution in [0.1, 0.15) is 10.4 Å². The Bertz CT molecular complexity index is 1510. The first kappa shape index (κ1) is 28.5. The minimum atomic E-state index is -0.676. The Labute approximate surface area is 228 Å². The van der Waals surface area contributed by atoms with E-state index in [0.717, 1.165) is 6.08 Å². The van der Waals surface area contributed by atoms with E-state index in [1.54, 1.807) is 54.6 Å². The van der Waals surface area contributed by atoms with Crippen LogP contribution in [-0.2, 0) is 4.79 Å². The fourth-order valence-corrected chi connectivity index (χ4v) is 3.35. The highest BCUT2D eigenvalue weighted by molar-refractivity contribution is 6.01. The summed E-state index contributed by atoms with van der Waals surface area (Å²) in [5.74, 6) is -1.04. The summed E-state index contributed by atoms with van der Waals surface area (Å²) >= 11 is 0. The van der Waals surface area contributed by atoms with Crippen LogP contribution in [0, 0.1) is 10.1 Å². The predicted octanol–water partition coefficient (Wildman–Crippen LogP) is 0.909. The van der Waals surface area contributed by atoms with Crippen LogP contribution in [0.3, 0.4) is 0 Å². The quantitative estimate of drug-likeness (QED) is 0.0748. The van der Waals surface area contributed by atoms with Gasteiger partial charge in [0, 0.05) is 36.1 Å². The van der Waals surface area contributed by atoms with Crippen LogP contribution in [0.15, 0.2) is 84.4 Å². The summed E-state index contributed by atoms with van der Waals surface area (Å²) in [6.07, 6.45) is 1.05. The van der Waals surface area contributed by atoms with Gasteiger partial charge in [0.1, 0.15) is 5.69 Å². The number of carbonyl (C=O) groups is 3. The van der Waals surface area contributed by atoms with Gasteiger partial charge in [0.05, 0.1) is 4.92 Å². The standard InChI is InChI=1S/C26H25N9O5/c1-3-22(36)30-20-12-17(13-21(14-20)35(39)40)15-4-8-19(9-5-15)32-26(38)34-25(28)33-24(27)31-18-10-6-16(7-11-18)23(37)29-2/h3-14H,1H2,2H3,(H,29,37)(H,30,36)(H6,27,28,31,32,33,34,38)/p+1. The van der Waals surface area contributed by atoms with E-state index in [2.05, 4.69) is 37.8 Å². The minimum Gasteiger partial charge on any atom is -0.355 e. The molecule has 204 valence electrons. The number of benzene rings is 3. The molecule has 0 atom stereocenters. The van der Waals surface area contributed by atoms with Gasteiger partial charge >= 0.3 is 12.0 Å². The van der Waals surface area contributed by atoms with E-state index in [-0.39, 0.29) is 29.2 Å². The van der Waals surface area contributed by atoms with Crippen molar-refractivity contribution in [3.63, 3.8) is 0 Å². The van der Waals surface area contributed by atoms with E-state index in [0.29, 0.717) is 28.1 Å². The number of nitrogens with zero attached hydrogens (tertiary/aromatic N) is 2. The molecule has 0 fully saturated rings. The molecule has 0 radical (unpaired) electrons. The second-order valence-electron chi connectivity index (χ2n) is 8.04. The van der Waals surface area contributed by atoms with Crippen molar-refractivity contribution in [2.45, 2.75) is 0 Å². The lowest BCUT2D eigenvalue weighted by Gasteiger charge is -2.09. The van der Waals surface area contributed by atoms with Crippen LogP contribution in [0.4, 0.5) is 27.5 Å². The molecule has 40 heavy (non-hydrogen) atoms. The van der Waals surface area contributed by atoms with Gasteiger partial charge in [-0.15, -0.1) is 4.99 Å². The number of nitrogens with one attached hydrogen (secondary N) is 5. The molecular formula is C26H26N9O5+. The van der Waals surface area contributed by atoms with Crippen LogP contribution < -0.4 is 37.7 Å². The lowest BCUT2D eigenvalue weighted by molar-refractivity contribution is -0.384. The predicted molar refractivity (Wildman–Crippen MR) is 151 cm³/mol. The summed E-state index contributed by atoms with van der Waals surface area (Å²) in [4.78, 5) is 53.0. The molecule has 0 aliphatic carbocycles. The summed E-state index contributed by atoms with van der Waals surface area (Å²) in [5.41, 5.74) is 14.0. The molecule has 0 spiro atoms. The van der Waals surface area contributed by atoms with Crippen LogP contribution in [0.25, 0.3) is 11.1 Å². The SMILES string of the molecule is C=CC(=O)Nc1cc(-c2ccc(NC(=O)N/C(N)=[NH+]\C(N)=Nc3ccc(C(=O)NC)cc3)cc2)cc([N+](=O)[O-])c1. The second kappa shape index (κ2) is 13.0. The first-order valence-electron chi connectivity index (χ1n) is 11.5. The van der Waals surface area contributed by atoms with Crippen LogP contribution >= 0.6 is 0 Å². The fraction of sp³-hybridized carbons (Fsp3) is 0.0385. The number of guanidine groups is 2. The van der Waals surface area contributed by atoms with Crippen LogP contribution in [-0.4, -0.2) is 41.7 Å². The lowest BCUT2D eigenvalue weighted by atomic mass is 10.0. The zero-order chi connectivity index (χ0) is 29.2. The third kappa shape index (κ3) is 7.97. The van der Waals surface area contributed by atoms with Crippen molar-refractivity contribution in [1.82, 2.24) is 10.6 Å². The Morgan fingerprint density at radius 1 is 0.950 bits per heavy atom. The Hall–Kier alpha value is -6.05. The summed E-state index contributed by atoms with van der Waals surface area (Å²) in [7, 11) is 1.53. The zero-order valence-corrected chi connectivity index (χ0v) is 21.2. The van der Waals surface area contributed by atoms with Gasteiger partial charge in [-0.2, -0.15) is 0 Å². The number of nitrogens with two attached hydrogens (primary N) is 2. The molecule has 14 heteroatoms. The molecule has 3 rings (SSSR count). The number of carbonyl (C=O) groups excluding carboxylic acids is 3. The van der Waals surface area contributed by atoms with Gasteiger partial charge in [-0.1, -0.05) is 18.7 Å². The number of nitro groups is 1. The average molecular weight is 545 g/mol. The summed E-state index contributed by atoms with van der Waals surface area (Å²) in [6, 6.07) is 16.3. The first-order valence-corrected chi connectivity index (χ1v) is 11.5. The summed E-state index contributed by atoms with van der Waals surface area (Å²) < 4.78 is 0. The smallest absolute Gasteiger partial charge is 0.355 e. The molecule has 9 N–H and O–H groups in total. The van der Waals surface area contributed by atoms with E-state index in [4.69, 9.17) is 11.5 Å². The molecule has 3 aromatic rings. The maximum Gasteiger partial charge on any atom is 0.360 e. The summed E-state index contributed by atoms with van der Waals surface area (Å²) in [5, 5.41) is 21.3. The average Bonchev–Trinajstić information content (AvgIpc) is 2.92. The minimum absolute atomic E-state index is 0.101. The third-order valence-corrected chi connectivity index (χ3v) is 5.17.